The second kappa shape index (κ2) is 6.02. The molecule has 1 aromatic carbocycles. The number of aromatic carboxylic acids is 1. The van der Waals surface area contributed by atoms with E-state index in [1.807, 2.05) is 0 Å². The van der Waals surface area contributed by atoms with Crippen LogP contribution < -0.4 is 4.72 Å². The Kier molecular flexibility index (Phi) is 4.03. The molecule has 2 N–H and O–H groups in total. The van der Waals surface area contributed by atoms with E-state index in [4.69, 9.17) is 5.11 Å². The van der Waals surface area contributed by atoms with E-state index in [1.165, 1.54) is 46.5 Å². The molecule has 0 aliphatic heterocycles. The van der Waals surface area contributed by atoms with E-state index in [9.17, 15) is 13.2 Å². The molecule has 0 fully saturated rings. The molecule has 0 aliphatic carbocycles. The topological polar surface area (TPSA) is 127 Å². The van der Waals surface area contributed by atoms with Gasteiger partial charge in [-0.05, 0) is 31.2 Å². The van der Waals surface area contributed by atoms with Crippen molar-refractivity contribution < 1.29 is 18.3 Å². The summed E-state index contributed by atoms with van der Waals surface area (Å²) in [7, 11) is -3.74. The van der Waals surface area contributed by atoms with Gasteiger partial charge >= 0.3 is 5.97 Å². The predicted octanol–water partition coefficient (Wildman–Crippen LogP) is 1.53. The van der Waals surface area contributed by atoms with Crippen molar-refractivity contribution in [3.05, 3.63) is 47.2 Å². The molecule has 3 rings (SSSR count). The summed E-state index contributed by atoms with van der Waals surface area (Å²) in [5, 5.41) is 18.3. The molecule has 0 saturated heterocycles. The number of hydrogen-bond donors (Lipinski definition) is 2. The fourth-order valence-electron chi connectivity index (χ4n) is 1.99. The Morgan fingerprint density at radius 2 is 2.00 bits per heavy atom. The van der Waals surface area contributed by atoms with E-state index in [1.54, 1.807) is 12.3 Å². The van der Waals surface area contributed by atoms with Crippen molar-refractivity contribution in [1.29, 1.82) is 0 Å². The molecule has 0 radical (unpaired) electrons. The molecule has 0 spiro atoms. The first-order valence-electron chi connectivity index (χ1n) is 6.57. The maximum Gasteiger partial charge on any atom is 0.358 e. The molecule has 11 heteroatoms. The third-order valence-corrected chi connectivity index (χ3v) is 5.32. The molecular formula is C13H11N5O4S2. The van der Waals surface area contributed by atoms with Gasteiger partial charge in [0.25, 0.3) is 10.0 Å². The molecule has 0 aliphatic rings. The van der Waals surface area contributed by atoms with Crippen molar-refractivity contribution in [3.8, 4) is 5.69 Å². The number of aromatic nitrogens is 4. The monoisotopic (exact) mass is 365 g/mol. The second-order valence-corrected chi connectivity index (χ2v) is 7.25. The number of anilines is 1. The van der Waals surface area contributed by atoms with Crippen LogP contribution in [0.15, 0.2) is 40.7 Å². The van der Waals surface area contributed by atoms with Crippen molar-refractivity contribution in [2.75, 3.05) is 4.72 Å². The highest BCUT2D eigenvalue weighted by Crippen LogP contribution is 2.20. The van der Waals surface area contributed by atoms with Gasteiger partial charge in [0.1, 0.15) is 0 Å². The van der Waals surface area contributed by atoms with Gasteiger partial charge in [0, 0.05) is 11.6 Å². The maximum absolute atomic E-state index is 12.3. The van der Waals surface area contributed by atoms with E-state index in [0.29, 0.717) is 11.4 Å². The van der Waals surface area contributed by atoms with Crippen LogP contribution in [0.2, 0.25) is 0 Å². The summed E-state index contributed by atoms with van der Waals surface area (Å²) < 4.78 is 28.2. The molecule has 0 saturated carbocycles. The Labute approximate surface area is 140 Å². The van der Waals surface area contributed by atoms with Crippen LogP contribution in [0.5, 0.6) is 0 Å². The Morgan fingerprint density at radius 1 is 1.29 bits per heavy atom. The lowest BCUT2D eigenvalue weighted by Crippen LogP contribution is -2.13. The fraction of sp³-hybridized carbons (Fsp3) is 0.0769. The van der Waals surface area contributed by atoms with E-state index in [0.717, 1.165) is 0 Å². The highest BCUT2D eigenvalue weighted by Gasteiger charge is 2.18. The van der Waals surface area contributed by atoms with Crippen LogP contribution in [0.25, 0.3) is 5.69 Å². The molecule has 124 valence electrons. The third kappa shape index (κ3) is 2.98. The molecule has 0 atom stereocenters. The molecule has 0 bridgehead atoms. The predicted molar refractivity (Wildman–Crippen MR) is 86.0 cm³/mol. The molecule has 0 unspecified atom stereocenters. The smallest absolute Gasteiger partial charge is 0.358 e. The lowest BCUT2D eigenvalue weighted by Gasteiger charge is -2.07. The number of carbonyl (C=O) groups is 1. The first-order chi connectivity index (χ1) is 11.4. The van der Waals surface area contributed by atoms with Crippen molar-refractivity contribution >= 4 is 32.5 Å². The zero-order chi connectivity index (χ0) is 17.3. The van der Waals surface area contributed by atoms with Gasteiger partial charge in [0.2, 0.25) is 0 Å². The number of carboxylic acid groups (broad SMARTS) is 1. The number of carboxylic acids is 1. The number of benzene rings is 1. The van der Waals surface area contributed by atoms with Crippen molar-refractivity contribution in [2.24, 2.45) is 0 Å². The largest absolute Gasteiger partial charge is 0.476 e. The number of thiazole rings is 1. The SMILES string of the molecule is Cc1c(C(=O)O)nnn1-c1ccc(S(=O)(=O)Nc2nccs2)cc1. The van der Waals surface area contributed by atoms with Crippen molar-refractivity contribution in [2.45, 2.75) is 11.8 Å². The molecular weight excluding hydrogens is 354 g/mol. The van der Waals surface area contributed by atoms with Gasteiger partial charge in [0.05, 0.1) is 16.3 Å². The molecule has 0 amide bonds. The minimum absolute atomic E-state index is 0.0534. The lowest BCUT2D eigenvalue weighted by molar-refractivity contribution is 0.0689. The first kappa shape index (κ1) is 16.1. The number of hydrogen-bond acceptors (Lipinski definition) is 7. The minimum atomic E-state index is -3.74. The quantitative estimate of drug-likeness (QED) is 0.702. The van der Waals surface area contributed by atoms with Crippen molar-refractivity contribution in [1.82, 2.24) is 20.0 Å². The molecule has 2 heterocycles. The van der Waals surface area contributed by atoms with Crippen LogP contribution in [0.1, 0.15) is 16.2 Å². The van der Waals surface area contributed by atoms with Crippen LogP contribution in [0.3, 0.4) is 0 Å². The zero-order valence-electron chi connectivity index (χ0n) is 12.2. The Hall–Kier alpha value is -2.79. The van der Waals surface area contributed by atoms with E-state index in [-0.39, 0.29) is 15.7 Å². The number of rotatable bonds is 5. The Bertz CT molecular complexity index is 978. The van der Waals surface area contributed by atoms with E-state index in [2.05, 4.69) is 20.0 Å². The highest BCUT2D eigenvalue weighted by atomic mass is 32.2. The summed E-state index contributed by atoms with van der Waals surface area (Å²) in [6.07, 6.45) is 1.50. The Morgan fingerprint density at radius 3 is 2.54 bits per heavy atom. The van der Waals surface area contributed by atoms with Crippen LogP contribution in [-0.2, 0) is 10.0 Å². The molecule has 2 aromatic heterocycles. The van der Waals surface area contributed by atoms with Crippen molar-refractivity contribution in [3.63, 3.8) is 0 Å². The fourth-order valence-corrected chi connectivity index (χ4v) is 3.77. The average molecular weight is 365 g/mol. The number of sulfonamides is 1. The second-order valence-electron chi connectivity index (χ2n) is 4.68. The third-order valence-electron chi connectivity index (χ3n) is 3.14. The van der Waals surface area contributed by atoms with Gasteiger partial charge in [0.15, 0.2) is 10.8 Å². The molecule has 9 nitrogen and oxygen atoms in total. The van der Waals surface area contributed by atoms with Gasteiger partial charge in [-0.1, -0.05) is 5.21 Å². The van der Waals surface area contributed by atoms with Gasteiger partial charge in [-0.15, -0.1) is 16.4 Å². The van der Waals surface area contributed by atoms with E-state index < -0.39 is 16.0 Å². The Balaban J connectivity index is 1.89. The molecule has 3 aromatic rings. The normalized spacial score (nSPS) is 11.4. The summed E-state index contributed by atoms with van der Waals surface area (Å²) in [6, 6.07) is 5.83. The first-order valence-corrected chi connectivity index (χ1v) is 8.93. The summed E-state index contributed by atoms with van der Waals surface area (Å²) in [5.74, 6) is -1.18. The summed E-state index contributed by atoms with van der Waals surface area (Å²) >= 11 is 1.17. The maximum atomic E-state index is 12.3. The summed E-state index contributed by atoms with van der Waals surface area (Å²) in [6.45, 7) is 1.57. The minimum Gasteiger partial charge on any atom is -0.476 e. The molecule has 24 heavy (non-hydrogen) atoms. The lowest BCUT2D eigenvalue weighted by atomic mass is 10.3. The standard InChI is InChI=1S/C13H11N5O4S2/c1-8-11(12(19)20)15-17-18(8)9-2-4-10(5-3-9)24(21,22)16-13-14-6-7-23-13/h2-7H,1H3,(H,14,16)(H,19,20). The van der Waals surface area contributed by atoms with Gasteiger partial charge in [-0.3, -0.25) is 4.72 Å². The van der Waals surface area contributed by atoms with Gasteiger partial charge < -0.3 is 5.11 Å². The van der Waals surface area contributed by atoms with Gasteiger partial charge in [-0.2, -0.15) is 0 Å². The van der Waals surface area contributed by atoms with Crippen LogP contribution in [0.4, 0.5) is 5.13 Å². The number of nitrogens with zero attached hydrogens (tertiary/aromatic N) is 4. The van der Waals surface area contributed by atoms with Crippen LogP contribution >= 0.6 is 11.3 Å². The summed E-state index contributed by atoms with van der Waals surface area (Å²) in [5.41, 5.74) is 0.692. The zero-order valence-corrected chi connectivity index (χ0v) is 13.9. The highest BCUT2D eigenvalue weighted by molar-refractivity contribution is 7.93. The van der Waals surface area contributed by atoms with E-state index >= 15 is 0 Å². The van der Waals surface area contributed by atoms with Crippen LogP contribution in [-0.4, -0.2) is 39.5 Å². The van der Waals surface area contributed by atoms with Crippen LogP contribution in [0, 0.1) is 6.92 Å². The van der Waals surface area contributed by atoms with Gasteiger partial charge in [-0.25, -0.2) is 22.9 Å². The summed E-state index contributed by atoms with van der Waals surface area (Å²) in [4.78, 5) is 14.9. The number of nitrogens with one attached hydrogen (secondary N) is 1. The average Bonchev–Trinajstić information content (AvgIpc) is 3.16.